The Morgan fingerprint density at radius 2 is 1.90 bits per heavy atom. The first-order valence-electron chi connectivity index (χ1n) is 6.61. The SMILES string of the molecule is Cc1c(N)cc(Br)cc1C(=O)N1CCC(C(F)(F)F)CC1. The van der Waals surface area contributed by atoms with Gasteiger partial charge in [-0.1, -0.05) is 15.9 Å². The fourth-order valence-electron chi connectivity index (χ4n) is 2.50. The molecule has 0 saturated carbocycles. The van der Waals surface area contributed by atoms with Crippen LogP contribution >= 0.6 is 15.9 Å². The number of rotatable bonds is 1. The maximum absolute atomic E-state index is 12.6. The van der Waals surface area contributed by atoms with Crippen LogP contribution in [-0.2, 0) is 0 Å². The number of nitrogens with two attached hydrogens (primary N) is 1. The van der Waals surface area contributed by atoms with E-state index >= 15 is 0 Å². The van der Waals surface area contributed by atoms with Gasteiger partial charge in [-0.05, 0) is 37.5 Å². The molecule has 1 amide bonds. The van der Waals surface area contributed by atoms with Gasteiger partial charge in [0, 0.05) is 28.8 Å². The number of hydrogen-bond acceptors (Lipinski definition) is 2. The largest absolute Gasteiger partial charge is 0.398 e. The van der Waals surface area contributed by atoms with E-state index in [2.05, 4.69) is 15.9 Å². The van der Waals surface area contributed by atoms with E-state index in [1.54, 1.807) is 19.1 Å². The van der Waals surface area contributed by atoms with Crippen molar-refractivity contribution >= 4 is 27.5 Å². The molecule has 1 aliphatic heterocycles. The third kappa shape index (κ3) is 3.51. The molecule has 1 aromatic carbocycles. The van der Waals surface area contributed by atoms with Crippen LogP contribution in [0, 0.1) is 12.8 Å². The third-order valence-corrected chi connectivity index (χ3v) is 4.35. The van der Waals surface area contributed by atoms with Crippen LogP contribution in [0.2, 0.25) is 0 Å². The molecule has 0 unspecified atom stereocenters. The van der Waals surface area contributed by atoms with Gasteiger partial charge in [0.25, 0.3) is 5.91 Å². The van der Waals surface area contributed by atoms with Crippen molar-refractivity contribution in [3.8, 4) is 0 Å². The number of nitrogen functional groups attached to an aromatic ring is 1. The molecular formula is C14H16BrF3N2O. The Labute approximate surface area is 129 Å². The maximum atomic E-state index is 12.6. The Kier molecular flexibility index (Phi) is 4.51. The van der Waals surface area contributed by atoms with Crippen LogP contribution in [0.5, 0.6) is 0 Å². The van der Waals surface area contributed by atoms with Gasteiger partial charge >= 0.3 is 6.18 Å². The van der Waals surface area contributed by atoms with Gasteiger partial charge in [-0.15, -0.1) is 0 Å². The zero-order valence-electron chi connectivity index (χ0n) is 11.5. The van der Waals surface area contributed by atoms with Crippen LogP contribution < -0.4 is 5.73 Å². The van der Waals surface area contributed by atoms with Crippen molar-refractivity contribution in [2.75, 3.05) is 18.8 Å². The standard InChI is InChI=1S/C14H16BrF3N2O/c1-8-11(6-10(15)7-12(8)19)13(21)20-4-2-9(3-5-20)14(16,17)18/h6-7,9H,2-5,19H2,1H3. The topological polar surface area (TPSA) is 46.3 Å². The smallest absolute Gasteiger partial charge is 0.391 e. The van der Waals surface area contributed by atoms with E-state index in [4.69, 9.17) is 5.73 Å². The summed E-state index contributed by atoms with van der Waals surface area (Å²) in [7, 11) is 0. The van der Waals surface area contributed by atoms with E-state index in [1.807, 2.05) is 0 Å². The number of piperidine rings is 1. The third-order valence-electron chi connectivity index (χ3n) is 3.89. The summed E-state index contributed by atoms with van der Waals surface area (Å²) in [6, 6.07) is 3.35. The Morgan fingerprint density at radius 1 is 1.33 bits per heavy atom. The number of anilines is 1. The molecule has 1 heterocycles. The summed E-state index contributed by atoms with van der Waals surface area (Å²) in [4.78, 5) is 13.9. The highest BCUT2D eigenvalue weighted by atomic mass is 79.9. The maximum Gasteiger partial charge on any atom is 0.391 e. The Balaban J connectivity index is 2.13. The molecule has 116 valence electrons. The summed E-state index contributed by atoms with van der Waals surface area (Å²) in [5, 5.41) is 0. The molecule has 1 fully saturated rings. The molecule has 2 rings (SSSR count). The second-order valence-electron chi connectivity index (χ2n) is 5.28. The van der Waals surface area contributed by atoms with Gasteiger partial charge < -0.3 is 10.6 Å². The first-order valence-corrected chi connectivity index (χ1v) is 7.41. The molecule has 0 aliphatic carbocycles. The monoisotopic (exact) mass is 364 g/mol. The van der Waals surface area contributed by atoms with E-state index in [9.17, 15) is 18.0 Å². The number of halogens is 4. The molecule has 0 bridgehead atoms. The minimum Gasteiger partial charge on any atom is -0.398 e. The Morgan fingerprint density at radius 3 is 2.43 bits per heavy atom. The van der Waals surface area contributed by atoms with Crippen molar-refractivity contribution in [3.63, 3.8) is 0 Å². The predicted octanol–water partition coefficient (Wildman–Crippen LogP) is 3.75. The molecule has 0 radical (unpaired) electrons. The summed E-state index contributed by atoms with van der Waals surface area (Å²) in [5.74, 6) is -1.57. The van der Waals surface area contributed by atoms with Crippen LogP contribution in [0.15, 0.2) is 16.6 Å². The first kappa shape index (κ1) is 16.1. The minimum atomic E-state index is -4.18. The average Bonchev–Trinajstić information content (AvgIpc) is 2.41. The molecule has 21 heavy (non-hydrogen) atoms. The molecule has 1 aliphatic rings. The number of hydrogen-bond donors (Lipinski definition) is 1. The van der Waals surface area contributed by atoms with Gasteiger partial charge in [0.2, 0.25) is 0 Å². The lowest BCUT2D eigenvalue weighted by Gasteiger charge is -2.33. The van der Waals surface area contributed by atoms with E-state index in [-0.39, 0.29) is 31.8 Å². The number of carbonyl (C=O) groups is 1. The molecule has 0 atom stereocenters. The number of amides is 1. The van der Waals surface area contributed by atoms with Crippen molar-refractivity contribution < 1.29 is 18.0 Å². The lowest BCUT2D eigenvalue weighted by molar-refractivity contribution is -0.183. The van der Waals surface area contributed by atoms with E-state index < -0.39 is 12.1 Å². The van der Waals surface area contributed by atoms with Crippen molar-refractivity contribution in [1.29, 1.82) is 0 Å². The number of likely N-dealkylation sites (tertiary alicyclic amines) is 1. The molecule has 2 N–H and O–H groups in total. The lowest BCUT2D eigenvalue weighted by Crippen LogP contribution is -2.42. The van der Waals surface area contributed by atoms with E-state index in [0.29, 0.717) is 21.3 Å². The molecule has 7 heteroatoms. The van der Waals surface area contributed by atoms with Crippen molar-refractivity contribution in [2.45, 2.75) is 25.9 Å². The summed E-state index contributed by atoms with van der Waals surface area (Å²) in [6.45, 7) is 1.97. The fraction of sp³-hybridized carbons (Fsp3) is 0.500. The van der Waals surface area contributed by atoms with E-state index in [0.717, 1.165) is 0 Å². The summed E-state index contributed by atoms with van der Waals surface area (Å²) in [6.07, 6.45) is -4.26. The van der Waals surface area contributed by atoms with Crippen LogP contribution in [0.25, 0.3) is 0 Å². The Bertz CT molecular complexity index is 552. The summed E-state index contributed by atoms with van der Waals surface area (Å²) < 4.78 is 38.6. The number of benzene rings is 1. The van der Waals surface area contributed by atoms with Crippen LogP contribution in [0.3, 0.4) is 0 Å². The van der Waals surface area contributed by atoms with Gasteiger partial charge in [0.1, 0.15) is 0 Å². The highest BCUT2D eigenvalue weighted by Crippen LogP contribution is 2.34. The van der Waals surface area contributed by atoms with Crippen molar-refractivity contribution in [1.82, 2.24) is 4.90 Å². The minimum absolute atomic E-state index is 0.0439. The highest BCUT2D eigenvalue weighted by molar-refractivity contribution is 9.10. The normalized spacial score (nSPS) is 17.1. The van der Waals surface area contributed by atoms with Crippen molar-refractivity contribution in [2.24, 2.45) is 5.92 Å². The summed E-state index contributed by atoms with van der Waals surface area (Å²) in [5.41, 5.74) is 7.39. The van der Waals surface area contributed by atoms with Crippen molar-refractivity contribution in [3.05, 3.63) is 27.7 Å². The molecule has 3 nitrogen and oxygen atoms in total. The zero-order valence-corrected chi connectivity index (χ0v) is 13.1. The van der Waals surface area contributed by atoms with Crippen LogP contribution in [0.4, 0.5) is 18.9 Å². The van der Waals surface area contributed by atoms with Crippen LogP contribution in [-0.4, -0.2) is 30.1 Å². The molecule has 1 aromatic rings. The van der Waals surface area contributed by atoms with Gasteiger partial charge in [-0.3, -0.25) is 4.79 Å². The molecule has 1 saturated heterocycles. The molecule has 0 spiro atoms. The second-order valence-corrected chi connectivity index (χ2v) is 6.19. The summed E-state index contributed by atoms with van der Waals surface area (Å²) >= 11 is 3.28. The second kappa shape index (κ2) is 5.87. The van der Waals surface area contributed by atoms with Gasteiger partial charge in [0.15, 0.2) is 0 Å². The van der Waals surface area contributed by atoms with Gasteiger partial charge in [-0.2, -0.15) is 13.2 Å². The van der Waals surface area contributed by atoms with Gasteiger partial charge in [0.05, 0.1) is 5.92 Å². The Hall–Kier alpha value is -1.24. The molecular weight excluding hydrogens is 349 g/mol. The highest BCUT2D eigenvalue weighted by Gasteiger charge is 2.41. The first-order chi connectivity index (χ1) is 9.70. The number of alkyl halides is 3. The number of carbonyl (C=O) groups excluding carboxylic acids is 1. The molecule has 0 aromatic heterocycles. The van der Waals surface area contributed by atoms with Gasteiger partial charge in [-0.25, -0.2) is 0 Å². The number of nitrogens with zero attached hydrogens (tertiary/aromatic N) is 1. The predicted molar refractivity (Wildman–Crippen MR) is 78.0 cm³/mol. The lowest BCUT2D eigenvalue weighted by atomic mass is 9.95. The van der Waals surface area contributed by atoms with Crippen LogP contribution in [0.1, 0.15) is 28.8 Å². The zero-order chi connectivity index (χ0) is 15.8. The van der Waals surface area contributed by atoms with E-state index in [1.165, 1.54) is 4.90 Å². The quantitative estimate of drug-likeness (QED) is 0.771. The fourth-order valence-corrected chi connectivity index (χ4v) is 2.98. The average molecular weight is 365 g/mol.